The van der Waals surface area contributed by atoms with Crippen LogP contribution in [0.5, 0.6) is 0 Å². The molecular formula is C20H20F4N2O2. The van der Waals surface area contributed by atoms with Crippen LogP contribution in [0.3, 0.4) is 0 Å². The van der Waals surface area contributed by atoms with Gasteiger partial charge in [0.1, 0.15) is 5.82 Å². The molecule has 0 unspecified atom stereocenters. The highest BCUT2D eigenvalue weighted by atomic mass is 19.2. The van der Waals surface area contributed by atoms with Gasteiger partial charge >= 0.3 is 0 Å². The Morgan fingerprint density at radius 1 is 1.04 bits per heavy atom. The van der Waals surface area contributed by atoms with E-state index in [0.29, 0.717) is 24.5 Å². The number of hydrogen-bond acceptors (Lipinski definition) is 2. The van der Waals surface area contributed by atoms with Crippen LogP contribution < -0.4 is 5.32 Å². The summed E-state index contributed by atoms with van der Waals surface area (Å²) in [6.45, 7) is 1.74. The first kappa shape index (κ1) is 21.4. The molecule has 2 rings (SSSR count). The molecule has 0 heterocycles. The summed E-state index contributed by atoms with van der Waals surface area (Å²) >= 11 is 0. The normalized spacial score (nSPS) is 10.6. The number of nitrogens with zero attached hydrogens (tertiary/aromatic N) is 1. The SMILES string of the molecule is CCCN(CC(=O)Nc1ccc(F)c(F)c1F)C(=O)CCc1cccc(F)c1. The van der Waals surface area contributed by atoms with Crippen molar-refractivity contribution in [1.82, 2.24) is 4.90 Å². The Labute approximate surface area is 160 Å². The molecule has 0 aliphatic carbocycles. The minimum atomic E-state index is -1.69. The van der Waals surface area contributed by atoms with Crippen LogP contribution in [0.15, 0.2) is 36.4 Å². The summed E-state index contributed by atoms with van der Waals surface area (Å²) in [5.41, 5.74) is 0.144. The molecule has 0 radical (unpaired) electrons. The van der Waals surface area contributed by atoms with E-state index in [1.54, 1.807) is 12.1 Å². The maximum Gasteiger partial charge on any atom is 0.244 e. The predicted molar refractivity (Wildman–Crippen MR) is 96.5 cm³/mol. The van der Waals surface area contributed by atoms with Gasteiger partial charge in [-0.05, 0) is 42.7 Å². The molecule has 0 saturated heterocycles. The van der Waals surface area contributed by atoms with E-state index in [2.05, 4.69) is 5.32 Å². The summed E-state index contributed by atoms with van der Waals surface area (Å²) in [5.74, 6) is -6.02. The molecule has 0 aliphatic heterocycles. The molecule has 150 valence electrons. The number of amides is 2. The van der Waals surface area contributed by atoms with Gasteiger partial charge < -0.3 is 10.2 Å². The van der Waals surface area contributed by atoms with Crippen molar-refractivity contribution in [2.75, 3.05) is 18.4 Å². The molecule has 4 nitrogen and oxygen atoms in total. The van der Waals surface area contributed by atoms with E-state index < -0.39 is 34.9 Å². The van der Waals surface area contributed by atoms with Crippen LogP contribution in [-0.2, 0) is 16.0 Å². The summed E-state index contributed by atoms with van der Waals surface area (Å²) < 4.78 is 53.1. The summed E-state index contributed by atoms with van der Waals surface area (Å²) in [4.78, 5) is 25.8. The third-order valence-electron chi connectivity index (χ3n) is 4.01. The average molecular weight is 396 g/mol. The second-order valence-corrected chi connectivity index (χ2v) is 6.22. The molecule has 0 fully saturated rings. The minimum absolute atomic E-state index is 0.0657. The van der Waals surface area contributed by atoms with Crippen LogP contribution >= 0.6 is 0 Å². The number of rotatable bonds is 8. The zero-order valence-corrected chi connectivity index (χ0v) is 15.3. The van der Waals surface area contributed by atoms with E-state index >= 15 is 0 Å². The van der Waals surface area contributed by atoms with Crippen molar-refractivity contribution in [2.45, 2.75) is 26.2 Å². The molecule has 0 bridgehead atoms. The average Bonchev–Trinajstić information content (AvgIpc) is 2.66. The standard InChI is InChI=1S/C20H20F4N2O2/c1-2-10-26(18(28)9-6-13-4-3-5-14(21)11-13)12-17(27)25-16-8-7-15(22)19(23)20(16)24/h3-5,7-8,11H,2,6,9-10,12H2,1H3,(H,25,27). The van der Waals surface area contributed by atoms with Gasteiger partial charge in [-0.2, -0.15) is 0 Å². The largest absolute Gasteiger partial charge is 0.333 e. The number of halogens is 4. The molecule has 0 spiro atoms. The lowest BCUT2D eigenvalue weighted by Gasteiger charge is -2.22. The minimum Gasteiger partial charge on any atom is -0.333 e. The van der Waals surface area contributed by atoms with E-state index in [1.165, 1.54) is 17.0 Å². The van der Waals surface area contributed by atoms with Gasteiger partial charge in [0, 0.05) is 13.0 Å². The number of benzene rings is 2. The zero-order valence-electron chi connectivity index (χ0n) is 15.3. The highest BCUT2D eigenvalue weighted by Gasteiger charge is 2.19. The lowest BCUT2D eigenvalue weighted by molar-refractivity contribution is -0.134. The summed E-state index contributed by atoms with van der Waals surface area (Å²) in [5, 5.41) is 2.14. The number of aryl methyl sites for hydroxylation is 1. The molecule has 2 amide bonds. The van der Waals surface area contributed by atoms with Gasteiger partial charge in [0.25, 0.3) is 0 Å². The van der Waals surface area contributed by atoms with E-state index in [9.17, 15) is 27.2 Å². The quantitative estimate of drug-likeness (QED) is 0.541. The molecule has 0 atom stereocenters. The molecule has 2 aromatic carbocycles. The fourth-order valence-corrected chi connectivity index (χ4v) is 2.65. The van der Waals surface area contributed by atoms with E-state index in [1.807, 2.05) is 6.92 Å². The Morgan fingerprint density at radius 3 is 2.46 bits per heavy atom. The number of nitrogens with one attached hydrogen (secondary N) is 1. The van der Waals surface area contributed by atoms with Crippen LogP contribution in [0, 0.1) is 23.3 Å². The van der Waals surface area contributed by atoms with Gasteiger partial charge in [-0.15, -0.1) is 0 Å². The molecule has 0 aromatic heterocycles. The van der Waals surface area contributed by atoms with Gasteiger partial charge in [0.15, 0.2) is 17.5 Å². The Kier molecular flexibility index (Phi) is 7.54. The van der Waals surface area contributed by atoms with Crippen LogP contribution in [0.2, 0.25) is 0 Å². The number of carbonyl (C=O) groups is 2. The number of hydrogen-bond donors (Lipinski definition) is 1. The fraction of sp³-hybridized carbons (Fsp3) is 0.300. The van der Waals surface area contributed by atoms with Crippen LogP contribution in [0.25, 0.3) is 0 Å². The third-order valence-corrected chi connectivity index (χ3v) is 4.01. The van der Waals surface area contributed by atoms with E-state index in [0.717, 1.165) is 6.07 Å². The van der Waals surface area contributed by atoms with Crippen molar-refractivity contribution in [1.29, 1.82) is 0 Å². The van der Waals surface area contributed by atoms with Crippen molar-refractivity contribution >= 4 is 17.5 Å². The summed E-state index contributed by atoms with van der Waals surface area (Å²) in [7, 11) is 0. The highest BCUT2D eigenvalue weighted by molar-refractivity contribution is 5.94. The Hall–Kier alpha value is -2.90. The lowest BCUT2D eigenvalue weighted by Crippen LogP contribution is -2.38. The van der Waals surface area contributed by atoms with Gasteiger partial charge in [0.05, 0.1) is 12.2 Å². The molecule has 0 aliphatic rings. The first-order valence-electron chi connectivity index (χ1n) is 8.77. The summed E-state index contributed by atoms with van der Waals surface area (Å²) in [6.07, 6.45) is 0.949. The van der Waals surface area contributed by atoms with Crippen LogP contribution in [0.1, 0.15) is 25.3 Å². The van der Waals surface area contributed by atoms with Gasteiger partial charge in [-0.1, -0.05) is 19.1 Å². The van der Waals surface area contributed by atoms with Crippen molar-refractivity contribution in [2.24, 2.45) is 0 Å². The molecule has 28 heavy (non-hydrogen) atoms. The molecule has 2 aromatic rings. The summed E-state index contributed by atoms with van der Waals surface area (Å²) in [6, 6.07) is 7.47. The Morgan fingerprint density at radius 2 is 1.79 bits per heavy atom. The molecule has 0 saturated carbocycles. The number of anilines is 1. The Balaban J connectivity index is 1.98. The van der Waals surface area contributed by atoms with E-state index in [-0.39, 0.29) is 25.4 Å². The smallest absolute Gasteiger partial charge is 0.244 e. The predicted octanol–water partition coefficient (Wildman–Crippen LogP) is 4.05. The van der Waals surface area contributed by atoms with Crippen molar-refractivity contribution in [3.05, 3.63) is 65.2 Å². The molecule has 8 heteroatoms. The van der Waals surface area contributed by atoms with Crippen LogP contribution in [0.4, 0.5) is 23.2 Å². The highest BCUT2D eigenvalue weighted by Crippen LogP contribution is 2.19. The zero-order chi connectivity index (χ0) is 20.7. The first-order chi connectivity index (χ1) is 13.3. The van der Waals surface area contributed by atoms with Crippen molar-refractivity contribution < 1.29 is 27.2 Å². The second kappa shape index (κ2) is 9.87. The first-order valence-corrected chi connectivity index (χ1v) is 8.77. The van der Waals surface area contributed by atoms with Gasteiger partial charge in [-0.3, -0.25) is 9.59 Å². The topological polar surface area (TPSA) is 49.4 Å². The third kappa shape index (κ3) is 5.80. The lowest BCUT2D eigenvalue weighted by atomic mass is 10.1. The number of carbonyl (C=O) groups excluding carboxylic acids is 2. The molecule has 1 N–H and O–H groups in total. The Bertz CT molecular complexity index is 858. The van der Waals surface area contributed by atoms with Gasteiger partial charge in [0.2, 0.25) is 11.8 Å². The maximum atomic E-state index is 13.7. The molecular weight excluding hydrogens is 376 g/mol. The fourth-order valence-electron chi connectivity index (χ4n) is 2.65. The van der Waals surface area contributed by atoms with E-state index in [4.69, 9.17) is 0 Å². The second-order valence-electron chi connectivity index (χ2n) is 6.22. The maximum absolute atomic E-state index is 13.7. The van der Waals surface area contributed by atoms with Gasteiger partial charge in [-0.25, -0.2) is 17.6 Å². The monoisotopic (exact) mass is 396 g/mol. The van der Waals surface area contributed by atoms with Crippen LogP contribution in [-0.4, -0.2) is 29.8 Å². The van der Waals surface area contributed by atoms with Crippen molar-refractivity contribution in [3.63, 3.8) is 0 Å². The van der Waals surface area contributed by atoms with Crippen molar-refractivity contribution in [3.8, 4) is 0 Å².